The van der Waals surface area contributed by atoms with Crippen LogP contribution in [0.1, 0.15) is 19.8 Å². The molecule has 6 heteroatoms. The summed E-state index contributed by atoms with van der Waals surface area (Å²) >= 11 is 0. The van der Waals surface area contributed by atoms with Crippen molar-refractivity contribution < 1.29 is 13.2 Å². The highest BCUT2D eigenvalue weighted by Crippen LogP contribution is 2.18. The molecule has 98 valence electrons. The molecule has 5 nitrogen and oxygen atoms in total. The van der Waals surface area contributed by atoms with Crippen molar-refractivity contribution in [1.29, 1.82) is 0 Å². The van der Waals surface area contributed by atoms with E-state index in [1.807, 2.05) is 6.92 Å². The molecule has 0 aliphatic carbocycles. The molecule has 0 aromatic carbocycles. The number of carbonyl (C=O) groups is 1. The number of amides is 1. The molecular weight excluding hydrogens is 240 g/mol. The van der Waals surface area contributed by atoms with Crippen molar-refractivity contribution in [1.82, 2.24) is 9.62 Å². The predicted octanol–water partition coefficient (Wildman–Crippen LogP) is 0.350. The van der Waals surface area contributed by atoms with Gasteiger partial charge in [-0.1, -0.05) is 12.2 Å². The van der Waals surface area contributed by atoms with Crippen LogP contribution in [-0.4, -0.2) is 44.5 Å². The van der Waals surface area contributed by atoms with Gasteiger partial charge in [0.1, 0.15) is 0 Å². The van der Waals surface area contributed by atoms with Gasteiger partial charge in [0.25, 0.3) is 0 Å². The van der Waals surface area contributed by atoms with Gasteiger partial charge >= 0.3 is 0 Å². The molecular formula is C11H20N2O3S. The van der Waals surface area contributed by atoms with Gasteiger partial charge in [0, 0.05) is 19.6 Å². The van der Waals surface area contributed by atoms with Gasteiger partial charge in [0.05, 0.1) is 12.2 Å². The van der Waals surface area contributed by atoms with Crippen molar-refractivity contribution in [3.8, 4) is 0 Å². The zero-order valence-corrected chi connectivity index (χ0v) is 11.2. The smallest absolute Gasteiger partial charge is 0.224 e. The summed E-state index contributed by atoms with van der Waals surface area (Å²) in [5.74, 6) is -0.320. The Labute approximate surface area is 103 Å². The van der Waals surface area contributed by atoms with Crippen LogP contribution in [0.3, 0.4) is 0 Å². The summed E-state index contributed by atoms with van der Waals surface area (Å²) in [4.78, 5) is 11.8. The third-order valence-electron chi connectivity index (χ3n) is 2.79. The van der Waals surface area contributed by atoms with Crippen molar-refractivity contribution in [3.63, 3.8) is 0 Å². The molecule has 17 heavy (non-hydrogen) atoms. The van der Waals surface area contributed by atoms with Gasteiger partial charge in [0.15, 0.2) is 0 Å². The highest BCUT2D eigenvalue weighted by atomic mass is 32.2. The molecule has 1 atom stereocenters. The van der Waals surface area contributed by atoms with E-state index in [-0.39, 0.29) is 11.8 Å². The van der Waals surface area contributed by atoms with Crippen LogP contribution in [0.15, 0.2) is 12.2 Å². The quantitative estimate of drug-likeness (QED) is 0.742. The average Bonchev–Trinajstić information content (AvgIpc) is 2.25. The third-order valence-corrected chi connectivity index (χ3v) is 4.06. The van der Waals surface area contributed by atoms with Crippen molar-refractivity contribution in [2.75, 3.05) is 25.9 Å². The zero-order valence-electron chi connectivity index (χ0n) is 10.4. The number of piperidine rings is 1. The summed E-state index contributed by atoms with van der Waals surface area (Å²) in [5.41, 5.74) is 0.883. The Morgan fingerprint density at radius 1 is 1.53 bits per heavy atom. The van der Waals surface area contributed by atoms with Crippen molar-refractivity contribution in [3.05, 3.63) is 12.2 Å². The van der Waals surface area contributed by atoms with Crippen molar-refractivity contribution >= 4 is 15.9 Å². The molecule has 1 heterocycles. The molecule has 1 N–H and O–H groups in total. The molecule has 1 saturated heterocycles. The summed E-state index contributed by atoms with van der Waals surface area (Å²) in [5, 5.41) is 2.76. The second-order valence-electron chi connectivity index (χ2n) is 4.64. The molecule has 1 aliphatic heterocycles. The fourth-order valence-corrected chi connectivity index (χ4v) is 2.75. The van der Waals surface area contributed by atoms with Gasteiger partial charge in [-0.3, -0.25) is 4.79 Å². The summed E-state index contributed by atoms with van der Waals surface area (Å²) < 4.78 is 24.2. The van der Waals surface area contributed by atoms with E-state index in [1.165, 1.54) is 10.6 Å². The summed E-state index contributed by atoms with van der Waals surface area (Å²) in [7, 11) is -3.19. The second-order valence-corrected chi connectivity index (χ2v) is 6.62. The second kappa shape index (κ2) is 5.64. The Balaban J connectivity index is 2.55. The first-order chi connectivity index (χ1) is 7.80. The van der Waals surface area contributed by atoms with Gasteiger partial charge in [-0.05, 0) is 19.8 Å². The molecule has 0 bridgehead atoms. The molecule has 1 aliphatic rings. The topological polar surface area (TPSA) is 66.5 Å². The molecule has 0 spiro atoms. The fraction of sp³-hybridized carbons (Fsp3) is 0.727. The molecule has 1 fully saturated rings. The van der Waals surface area contributed by atoms with Crippen LogP contribution in [-0.2, 0) is 14.8 Å². The van der Waals surface area contributed by atoms with E-state index < -0.39 is 10.0 Å². The number of hydrogen-bond acceptors (Lipinski definition) is 3. The number of sulfonamides is 1. The Morgan fingerprint density at radius 3 is 2.71 bits per heavy atom. The average molecular weight is 260 g/mol. The Hall–Kier alpha value is -0.880. The van der Waals surface area contributed by atoms with Gasteiger partial charge in [0.2, 0.25) is 15.9 Å². The van der Waals surface area contributed by atoms with E-state index in [1.54, 1.807) is 0 Å². The van der Waals surface area contributed by atoms with Crippen LogP contribution in [0.4, 0.5) is 0 Å². The fourth-order valence-electron chi connectivity index (χ4n) is 1.84. The Kier molecular flexibility index (Phi) is 4.70. The Morgan fingerprint density at radius 2 is 2.18 bits per heavy atom. The number of carbonyl (C=O) groups excluding carboxylic acids is 1. The van der Waals surface area contributed by atoms with Gasteiger partial charge in [-0.15, -0.1) is 0 Å². The SMILES string of the molecule is C=C(C)CNC(=O)C1CCCN(S(C)(=O)=O)C1. The monoisotopic (exact) mass is 260 g/mol. The number of hydrogen-bond donors (Lipinski definition) is 1. The standard InChI is InChI=1S/C11H20N2O3S/c1-9(2)7-12-11(14)10-5-4-6-13(8-10)17(3,15)16/h10H,1,4-8H2,2-3H3,(H,12,14). The van der Waals surface area contributed by atoms with Crippen LogP contribution in [0.25, 0.3) is 0 Å². The number of rotatable bonds is 4. The predicted molar refractivity (Wildman–Crippen MR) is 67.0 cm³/mol. The first-order valence-corrected chi connectivity index (χ1v) is 7.52. The van der Waals surface area contributed by atoms with Gasteiger partial charge in [-0.2, -0.15) is 0 Å². The van der Waals surface area contributed by atoms with Crippen LogP contribution in [0, 0.1) is 5.92 Å². The molecule has 0 saturated carbocycles. The molecule has 1 unspecified atom stereocenters. The third kappa shape index (κ3) is 4.47. The number of nitrogens with zero attached hydrogens (tertiary/aromatic N) is 1. The molecule has 0 radical (unpaired) electrons. The first kappa shape index (κ1) is 14.2. The van der Waals surface area contributed by atoms with Crippen LogP contribution >= 0.6 is 0 Å². The highest BCUT2D eigenvalue weighted by Gasteiger charge is 2.29. The largest absolute Gasteiger partial charge is 0.352 e. The molecule has 0 aromatic heterocycles. The minimum Gasteiger partial charge on any atom is -0.352 e. The highest BCUT2D eigenvalue weighted by molar-refractivity contribution is 7.88. The van der Waals surface area contributed by atoms with Gasteiger partial charge in [-0.25, -0.2) is 12.7 Å². The zero-order chi connectivity index (χ0) is 13.1. The summed E-state index contributed by atoms with van der Waals surface area (Å²) in [6, 6.07) is 0. The van der Waals surface area contributed by atoms with Gasteiger partial charge < -0.3 is 5.32 Å². The van der Waals surface area contributed by atoms with E-state index in [0.29, 0.717) is 19.6 Å². The van der Waals surface area contributed by atoms with E-state index >= 15 is 0 Å². The lowest BCUT2D eigenvalue weighted by Gasteiger charge is -2.30. The lowest BCUT2D eigenvalue weighted by Crippen LogP contribution is -2.45. The van der Waals surface area contributed by atoms with E-state index in [2.05, 4.69) is 11.9 Å². The minimum atomic E-state index is -3.19. The summed E-state index contributed by atoms with van der Waals surface area (Å²) in [6.07, 6.45) is 2.66. The maximum Gasteiger partial charge on any atom is 0.224 e. The van der Waals surface area contributed by atoms with Crippen LogP contribution in [0.2, 0.25) is 0 Å². The molecule has 1 amide bonds. The van der Waals surface area contributed by atoms with E-state index in [9.17, 15) is 13.2 Å². The lowest BCUT2D eigenvalue weighted by molar-refractivity contribution is -0.125. The Bertz CT molecular complexity index is 403. The molecule has 0 aromatic rings. The number of nitrogens with one attached hydrogen (secondary N) is 1. The molecule has 1 rings (SSSR count). The summed E-state index contributed by atoms with van der Waals surface area (Å²) in [6.45, 7) is 6.80. The maximum atomic E-state index is 11.8. The maximum absolute atomic E-state index is 11.8. The normalized spacial score (nSPS) is 22.1. The van der Waals surface area contributed by atoms with Crippen LogP contribution in [0.5, 0.6) is 0 Å². The first-order valence-electron chi connectivity index (χ1n) is 5.68. The minimum absolute atomic E-state index is 0.0821. The van der Waals surface area contributed by atoms with E-state index in [0.717, 1.165) is 18.4 Å². The van der Waals surface area contributed by atoms with Crippen LogP contribution < -0.4 is 5.32 Å². The van der Waals surface area contributed by atoms with Crippen molar-refractivity contribution in [2.24, 2.45) is 5.92 Å². The lowest BCUT2D eigenvalue weighted by atomic mass is 9.99. The van der Waals surface area contributed by atoms with Crippen molar-refractivity contribution in [2.45, 2.75) is 19.8 Å². The van der Waals surface area contributed by atoms with E-state index in [4.69, 9.17) is 0 Å².